The van der Waals surface area contributed by atoms with E-state index in [-0.39, 0.29) is 22.0 Å². The molecule has 0 saturated carbocycles. The van der Waals surface area contributed by atoms with Crippen LogP contribution in [0.5, 0.6) is 11.5 Å². The summed E-state index contributed by atoms with van der Waals surface area (Å²) in [5.74, 6) is -0.362. The molecule has 4 aromatic rings. The van der Waals surface area contributed by atoms with E-state index in [0.717, 1.165) is 24.7 Å². The molecule has 3 aromatic carbocycles. The van der Waals surface area contributed by atoms with Crippen LogP contribution in [0.1, 0.15) is 21.6 Å². The van der Waals surface area contributed by atoms with Crippen LogP contribution in [0.2, 0.25) is 5.02 Å². The second kappa shape index (κ2) is 12.7. The number of carbonyl (C=O) groups excluding carboxylic acids is 2. The fourth-order valence-corrected chi connectivity index (χ4v) is 4.68. The zero-order valence-corrected chi connectivity index (χ0v) is 23.9. The van der Waals surface area contributed by atoms with Gasteiger partial charge in [0.1, 0.15) is 17.2 Å². The first-order valence-corrected chi connectivity index (χ1v) is 14.0. The number of aromatic nitrogens is 1. The molecule has 0 fully saturated rings. The standard InChI is InChI=1S/C28H22ClF3N4O6S/c1-17-3-10-22(11-4-17)43(39,40)42-36(2)26(37)25-16-21(13-14-33-25)41-20-8-5-18(6-9-20)34-27(38)35-19-7-12-24(29)23(15-19)28(30,31)32/h3-16H,1-2H3,(H2,34,35,38). The Morgan fingerprint density at radius 2 is 1.51 bits per heavy atom. The molecule has 3 amide bonds. The first-order valence-electron chi connectivity index (χ1n) is 12.2. The van der Waals surface area contributed by atoms with E-state index in [1.807, 2.05) is 0 Å². The molecule has 0 aliphatic carbocycles. The Morgan fingerprint density at radius 3 is 2.16 bits per heavy atom. The van der Waals surface area contributed by atoms with Gasteiger partial charge in [-0.2, -0.15) is 21.6 Å². The molecule has 43 heavy (non-hydrogen) atoms. The van der Waals surface area contributed by atoms with Gasteiger partial charge in [0.25, 0.3) is 5.91 Å². The summed E-state index contributed by atoms with van der Waals surface area (Å²) in [5, 5.41) is 4.83. The van der Waals surface area contributed by atoms with Crippen LogP contribution in [0.3, 0.4) is 0 Å². The summed E-state index contributed by atoms with van der Waals surface area (Å²) < 4.78 is 74.8. The normalized spacial score (nSPS) is 11.5. The number of nitrogens with zero attached hydrogens (tertiary/aromatic N) is 2. The van der Waals surface area contributed by atoms with Crippen LogP contribution in [-0.2, 0) is 20.6 Å². The molecule has 224 valence electrons. The molecule has 0 unspecified atom stereocenters. The Morgan fingerprint density at radius 1 is 0.884 bits per heavy atom. The van der Waals surface area contributed by atoms with E-state index in [2.05, 4.69) is 15.6 Å². The SMILES string of the molecule is Cc1ccc(S(=O)(=O)ON(C)C(=O)c2cc(Oc3ccc(NC(=O)Nc4ccc(Cl)c(C(F)(F)F)c4)cc3)ccn2)cc1. The Bertz CT molecular complexity index is 1750. The highest BCUT2D eigenvalue weighted by Crippen LogP contribution is 2.36. The number of urea groups is 1. The average Bonchev–Trinajstić information content (AvgIpc) is 2.94. The lowest BCUT2D eigenvalue weighted by molar-refractivity contribution is -0.137. The van der Waals surface area contributed by atoms with Gasteiger partial charge in [-0.3, -0.25) is 9.78 Å². The molecule has 15 heteroatoms. The van der Waals surface area contributed by atoms with Crippen LogP contribution in [0, 0.1) is 6.92 Å². The van der Waals surface area contributed by atoms with Gasteiger partial charge in [-0.1, -0.05) is 29.3 Å². The number of carbonyl (C=O) groups is 2. The van der Waals surface area contributed by atoms with E-state index in [1.165, 1.54) is 60.8 Å². The van der Waals surface area contributed by atoms with Gasteiger partial charge in [-0.05, 0) is 67.6 Å². The number of pyridine rings is 1. The van der Waals surface area contributed by atoms with Crippen molar-refractivity contribution in [1.29, 1.82) is 0 Å². The van der Waals surface area contributed by atoms with Gasteiger partial charge >= 0.3 is 22.3 Å². The molecular formula is C28H22ClF3N4O6S. The highest BCUT2D eigenvalue weighted by atomic mass is 35.5. The molecule has 0 spiro atoms. The van der Waals surface area contributed by atoms with Crippen molar-refractivity contribution in [3.05, 3.63) is 107 Å². The van der Waals surface area contributed by atoms with Crippen molar-refractivity contribution in [2.75, 3.05) is 17.7 Å². The molecule has 10 nitrogen and oxygen atoms in total. The predicted octanol–water partition coefficient (Wildman–Crippen LogP) is 6.89. The minimum atomic E-state index is -4.68. The molecule has 0 atom stereocenters. The lowest BCUT2D eigenvalue weighted by Gasteiger charge is -2.16. The molecular weight excluding hydrogens is 613 g/mol. The van der Waals surface area contributed by atoms with Gasteiger partial charge in [0.15, 0.2) is 0 Å². The zero-order valence-electron chi connectivity index (χ0n) is 22.3. The lowest BCUT2D eigenvalue weighted by atomic mass is 10.2. The first-order chi connectivity index (χ1) is 20.2. The molecule has 1 aromatic heterocycles. The number of aryl methyl sites for hydroxylation is 1. The maximum atomic E-state index is 13.1. The van der Waals surface area contributed by atoms with Gasteiger partial charge in [-0.25, -0.2) is 9.86 Å². The molecule has 4 rings (SSSR count). The van der Waals surface area contributed by atoms with Crippen LogP contribution < -0.4 is 15.4 Å². The number of rotatable bonds is 8. The van der Waals surface area contributed by atoms with Crippen molar-refractivity contribution in [3.63, 3.8) is 0 Å². The molecule has 0 aliphatic rings. The van der Waals surface area contributed by atoms with Crippen molar-refractivity contribution in [2.45, 2.75) is 18.0 Å². The van der Waals surface area contributed by atoms with Crippen molar-refractivity contribution in [1.82, 2.24) is 10.0 Å². The van der Waals surface area contributed by atoms with E-state index in [1.54, 1.807) is 19.1 Å². The van der Waals surface area contributed by atoms with E-state index in [4.69, 9.17) is 20.6 Å². The number of alkyl halides is 3. The molecule has 0 bridgehead atoms. The van der Waals surface area contributed by atoms with E-state index >= 15 is 0 Å². The van der Waals surface area contributed by atoms with Gasteiger partial charge in [-0.15, -0.1) is 4.28 Å². The zero-order chi connectivity index (χ0) is 31.4. The largest absolute Gasteiger partial charge is 0.457 e. The van der Waals surface area contributed by atoms with Crippen LogP contribution in [0.4, 0.5) is 29.3 Å². The monoisotopic (exact) mass is 634 g/mol. The summed E-state index contributed by atoms with van der Waals surface area (Å²) in [6, 6.07) is 16.8. The summed E-state index contributed by atoms with van der Waals surface area (Å²) in [4.78, 5) is 28.9. The van der Waals surface area contributed by atoms with Crippen LogP contribution in [0.25, 0.3) is 0 Å². The van der Waals surface area contributed by atoms with Crippen molar-refractivity contribution in [3.8, 4) is 11.5 Å². The number of halogens is 4. The van der Waals surface area contributed by atoms with E-state index in [0.29, 0.717) is 16.5 Å². The molecule has 0 saturated heterocycles. The topological polar surface area (TPSA) is 127 Å². The number of ether oxygens (including phenoxy) is 1. The fourth-order valence-electron chi connectivity index (χ4n) is 3.54. The maximum Gasteiger partial charge on any atom is 0.417 e. The number of anilines is 2. The second-order valence-corrected chi connectivity index (χ2v) is 10.9. The highest BCUT2D eigenvalue weighted by Gasteiger charge is 2.33. The smallest absolute Gasteiger partial charge is 0.417 e. The van der Waals surface area contributed by atoms with Crippen molar-refractivity contribution in [2.24, 2.45) is 0 Å². The highest BCUT2D eigenvalue weighted by molar-refractivity contribution is 7.86. The third kappa shape index (κ3) is 8.22. The number of hydrogen-bond acceptors (Lipinski definition) is 7. The number of amides is 3. The summed E-state index contributed by atoms with van der Waals surface area (Å²) in [6.45, 7) is 1.79. The first kappa shape index (κ1) is 31.3. The summed E-state index contributed by atoms with van der Waals surface area (Å²) >= 11 is 5.60. The van der Waals surface area contributed by atoms with Crippen LogP contribution in [-0.4, -0.2) is 37.5 Å². The summed E-state index contributed by atoms with van der Waals surface area (Å²) in [6.07, 6.45) is -3.40. The maximum absolute atomic E-state index is 13.1. The summed E-state index contributed by atoms with van der Waals surface area (Å²) in [7, 11) is -3.13. The number of hydroxylamine groups is 2. The molecule has 0 aliphatic heterocycles. The Hall–Kier alpha value is -4.66. The van der Waals surface area contributed by atoms with Gasteiger partial charge in [0.05, 0.1) is 15.5 Å². The second-order valence-electron chi connectivity index (χ2n) is 8.92. The molecule has 1 heterocycles. The molecule has 2 N–H and O–H groups in total. The van der Waals surface area contributed by atoms with E-state index in [9.17, 15) is 31.2 Å². The van der Waals surface area contributed by atoms with E-state index < -0.39 is 38.8 Å². The average molecular weight is 635 g/mol. The van der Waals surface area contributed by atoms with Gasteiger partial charge in [0.2, 0.25) is 0 Å². The Balaban J connectivity index is 1.36. The lowest BCUT2D eigenvalue weighted by Crippen LogP contribution is -2.30. The third-order valence-corrected chi connectivity index (χ3v) is 7.23. The fraction of sp³-hybridized carbons (Fsp3) is 0.107. The Kier molecular flexibility index (Phi) is 9.23. The van der Waals surface area contributed by atoms with Crippen LogP contribution in [0.15, 0.2) is 90.0 Å². The predicted molar refractivity (Wildman–Crippen MR) is 151 cm³/mol. The van der Waals surface area contributed by atoms with Crippen molar-refractivity contribution >= 4 is 45.0 Å². The Labute approximate surface area is 249 Å². The van der Waals surface area contributed by atoms with Gasteiger partial charge in [0, 0.05) is 30.7 Å². The minimum Gasteiger partial charge on any atom is -0.457 e. The number of benzene rings is 3. The van der Waals surface area contributed by atoms with Crippen molar-refractivity contribution < 1.29 is 40.2 Å². The third-order valence-electron chi connectivity index (χ3n) is 5.63. The summed E-state index contributed by atoms with van der Waals surface area (Å²) in [5.41, 5.74) is -0.207. The number of hydrogen-bond donors (Lipinski definition) is 2. The minimum absolute atomic E-state index is 0.110. The van der Waals surface area contributed by atoms with Crippen LogP contribution >= 0.6 is 11.6 Å². The number of nitrogens with one attached hydrogen (secondary N) is 2. The molecule has 0 radical (unpaired) electrons. The van der Waals surface area contributed by atoms with Gasteiger partial charge < -0.3 is 15.4 Å². The quantitative estimate of drug-likeness (QED) is 0.202.